The van der Waals surface area contributed by atoms with Gasteiger partial charge in [-0.15, -0.1) is 0 Å². The number of pyridine rings is 2. The number of piperazine rings is 1. The van der Waals surface area contributed by atoms with Gasteiger partial charge in [0.15, 0.2) is 5.82 Å². The molecule has 1 saturated heterocycles. The molecule has 1 aliphatic heterocycles. The molecule has 5 aromatic rings. The van der Waals surface area contributed by atoms with Crippen molar-refractivity contribution >= 4 is 23.1 Å². The van der Waals surface area contributed by atoms with Crippen LogP contribution in [0.3, 0.4) is 0 Å². The molecular weight excluding hydrogens is 455 g/mol. The molecule has 4 aromatic heterocycles. The Morgan fingerprint density at radius 2 is 1.64 bits per heavy atom. The van der Waals surface area contributed by atoms with Crippen molar-refractivity contribution in [1.82, 2.24) is 29.2 Å². The Morgan fingerprint density at radius 3 is 2.42 bits per heavy atom. The molecule has 9 heteroatoms. The van der Waals surface area contributed by atoms with Gasteiger partial charge in [0.25, 0.3) is 0 Å². The predicted molar refractivity (Wildman–Crippen MR) is 139 cm³/mol. The quantitative estimate of drug-likeness (QED) is 0.397. The van der Waals surface area contributed by atoms with Crippen molar-refractivity contribution < 1.29 is 4.39 Å². The van der Waals surface area contributed by atoms with Crippen molar-refractivity contribution in [2.24, 2.45) is 0 Å². The fraction of sp³-hybridized carbons (Fsp3) is 0.185. The number of likely N-dealkylation sites (N-methyl/N-ethyl adjacent to an activating group) is 1. The van der Waals surface area contributed by atoms with E-state index >= 15 is 0 Å². The van der Waals surface area contributed by atoms with Crippen LogP contribution in [-0.4, -0.2) is 62.5 Å². The number of nitrogens with one attached hydrogen (secondary N) is 1. The summed E-state index contributed by atoms with van der Waals surface area (Å²) in [6.45, 7) is 3.94. The van der Waals surface area contributed by atoms with E-state index in [1.165, 1.54) is 6.20 Å². The van der Waals surface area contributed by atoms with E-state index in [1.807, 2.05) is 65.2 Å². The van der Waals surface area contributed by atoms with Gasteiger partial charge in [-0.25, -0.2) is 24.3 Å². The Bertz CT molecular complexity index is 1490. The van der Waals surface area contributed by atoms with Gasteiger partial charge in [-0.05, 0) is 42.4 Å². The molecule has 1 aliphatic rings. The summed E-state index contributed by atoms with van der Waals surface area (Å²) in [4.78, 5) is 22.2. The maximum Gasteiger partial charge on any atom is 0.228 e. The maximum atomic E-state index is 14.9. The highest BCUT2D eigenvalue weighted by atomic mass is 19.1. The normalized spacial score (nSPS) is 14.3. The summed E-state index contributed by atoms with van der Waals surface area (Å²) in [6.07, 6.45) is 6.51. The monoisotopic (exact) mass is 480 g/mol. The number of imidazole rings is 1. The lowest BCUT2D eigenvalue weighted by atomic mass is 10.1. The van der Waals surface area contributed by atoms with E-state index in [1.54, 1.807) is 12.4 Å². The molecule has 1 N–H and O–H groups in total. The summed E-state index contributed by atoms with van der Waals surface area (Å²) in [5.41, 5.74) is 4.23. The smallest absolute Gasteiger partial charge is 0.228 e. The van der Waals surface area contributed by atoms with Gasteiger partial charge in [-0.1, -0.05) is 30.3 Å². The van der Waals surface area contributed by atoms with Crippen LogP contribution in [0.25, 0.3) is 28.2 Å². The second kappa shape index (κ2) is 9.35. The van der Waals surface area contributed by atoms with Crippen molar-refractivity contribution in [2.75, 3.05) is 43.4 Å². The molecule has 5 heterocycles. The van der Waals surface area contributed by atoms with Crippen LogP contribution in [-0.2, 0) is 0 Å². The zero-order valence-electron chi connectivity index (χ0n) is 19.8. The van der Waals surface area contributed by atoms with Crippen molar-refractivity contribution in [3.05, 3.63) is 85.2 Å². The fourth-order valence-corrected chi connectivity index (χ4v) is 4.38. The van der Waals surface area contributed by atoms with Crippen LogP contribution in [0, 0.1) is 5.82 Å². The lowest BCUT2D eigenvalue weighted by Gasteiger charge is -2.33. The minimum Gasteiger partial charge on any atom is -0.354 e. The Hall–Kier alpha value is -4.37. The summed E-state index contributed by atoms with van der Waals surface area (Å²) in [5.74, 6) is 0.708. The first kappa shape index (κ1) is 22.1. The first-order chi connectivity index (χ1) is 17.6. The van der Waals surface area contributed by atoms with Crippen LogP contribution in [0.1, 0.15) is 0 Å². The largest absolute Gasteiger partial charge is 0.354 e. The highest BCUT2D eigenvalue weighted by molar-refractivity contribution is 5.68. The molecule has 0 spiro atoms. The van der Waals surface area contributed by atoms with Crippen LogP contribution in [0.15, 0.2) is 79.4 Å². The number of benzene rings is 1. The van der Waals surface area contributed by atoms with E-state index in [0.29, 0.717) is 11.3 Å². The molecule has 180 valence electrons. The summed E-state index contributed by atoms with van der Waals surface area (Å²) in [7, 11) is 2.13. The van der Waals surface area contributed by atoms with Gasteiger partial charge < -0.3 is 15.1 Å². The molecule has 8 nitrogen and oxygen atoms in total. The van der Waals surface area contributed by atoms with Crippen molar-refractivity contribution in [2.45, 2.75) is 0 Å². The number of hydrogen-bond donors (Lipinski definition) is 1. The van der Waals surface area contributed by atoms with E-state index in [9.17, 15) is 4.39 Å². The van der Waals surface area contributed by atoms with Crippen molar-refractivity contribution in [3.63, 3.8) is 0 Å². The van der Waals surface area contributed by atoms with Gasteiger partial charge in [0.2, 0.25) is 5.95 Å². The molecule has 0 amide bonds. The zero-order valence-corrected chi connectivity index (χ0v) is 19.8. The summed E-state index contributed by atoms with van der Waals surface area (Å²) in [5, 5.41) is 3.15. The van der Waals surface area contributed by atoms with Crippen LogP contribution in [0.4, 0.5) is 21.8 Å². The molecular formula is C27H25FN8. The van der Waals surface area contributed by atoms with E-state index < -0.39 is 5.82 Å². The second-order valence-corrected chi connectivity index (χ2v) is 8.87. The highest BCUT2D eigenvalue weighted by Crippen LogP contribution is 2.27. The van der Waals surface area contributed by atoms with Gasteiger partial charge in [-0.3, -0.25) is 4.40 Å². The molecule has 0 bridgehead atoms. The molecule has 0 aliphatic carbocycles. The predicted octanol–water partition coefficient (Wildman–Crippen LogP) is 4.49. The molecule has 1 fully saturated rings. The minimum atomic E-state index is -0.518. The summed E-state index contributed by atoms with van der Waals surface area (Å²) in [6, 6.07) is 17.9. The molecule has 0 saturated carbocycles. The number of hydrogen-bond acceptors (Lipinski definition) is 7. The van der Waals surface area contributed by atoms with Crippen LogP contribution < -0.4 is 10.2 Å². The van der Waals surface area contributed by atoms with E-state index in [2.05, 4.69) is 42.1 Å². The zero-order chi connectivity index (χ0) is 24.5. The molecule has 0 radical (unpaired) electrons. The molecule has 1 aromatic carbocycles. The SMILES string of the molecule is CN1CCN(c2ccc(Nc3ncc(F)c(-c4cnc5ccc(-c6ccccc6)cn45)n3)cn2)CC1. The second-order valence-electron chi connectivity index (χ2n) is 8.87. The van der Waals surface area contributed by atoms with Gasteiger partial charge in [0, 0.05) is 32.4 Å². The Balaban J connectivity index is 1.27. The lowest BCUT2D eigenvalue weighted by Crippen LogP contribution is -2.44. The van der Waals surface area contributed by atoms with Gasteiger partial charge in [-0.2, -0.15) is 0 Å². The third-order valence-electron chi connectivity index (χ3n) is 6.43. The first-order valence-electron chi connectivity index (χ1n) is 11.9. The summed E-state index contributed by atoms with van der Waals surface area (Å²) >= 11 is 0. The van der Waals surface area contributed by atoms with E-state index in [0.717, 1.165) is 48.8 Å². The molecule has 36 heavy (non-hydrogen) atoms. The van der Waals surface area contributed by atoms with Crippen LogP contribution >= 0.6 is 0 Å². The fourth-order valence-electron chi connectivity index (χ4n) is 4.38. The van der Waals surface area contributed by atoms with Gasteiger partial charge in [0.1, 0.15) is 17.2 Å². The average Bonchev–Trinajstić information content (AvgIpc) is 3.34. The van der Waals surface area contributed by atoms with Crippen molar-refractivity contribution in [3.8, 4) is 22.5 Å². The Labute approximate surface area is 208 Å². The standard InChI is InChI=1S/C27H25FN8/c1-34-11-13-35(14-12-34)24-10-8-21(15-29-24)32-27-31-16-22(28)26(33-27)23-17-30-25-9-7-20(18-36(23)25)19-5-3-2-4-6-19/h2-10,15-18H,11-14H2,1H3,(H,31,32,33). The number of aromatic nitrogens is 5. The highest BCUT2D eigenvalue weighted by Gasteiger charge is 2.17. The number of anilines is 3. The number of nitrogens with zero attached hydrogens (tertiary/aromatic N) is 7. The minimum absolute atomic E-state index is 0.173. The average molecular weight is 481 g/mol. The molecule has 6 rings (SSSR count). The number of fused-ring (bicyclic) bond motifs is 1. The first-order valence-corrected chi connectivity index (χ1v) is 11.9. The number of rotatable bonds is 5. The van der Waals surface area contributed by atoms with Crippen LogP contribution in [0.5, 0.6) is 0 Å². The van der Waals surface area contributed by atoms with Gasteiger partial charge >= 0.3 is 0 Å². The van der Waals surface area contributed by atoms with E-state index in [-0.39, 0.29) is 11.6 Å². The Morgan fingerprint density at radius 1 is 0.806 bits per heavy atom. The molecule has 0 unspecified atom stereocenters. The lowest BCUT2D eigenvalue weighted by molar-refractivity contribution is 0.312. The molecule has 0 atom stereocenters. The topological polar surface area (TPSA) is 74.5 Å². The van der Waals surface area contributed by atoms with Crippen LogP contribution in [0.2, 0.25) is 0 Å². The Kier molecular flexibility index (Phi) is 5.74. The third-order valence-corrected chi connectivity index (χ3v) is 6.43. The van der Waals surface area contributed by atoms with Gasteiger partial charge in [0.05, 0.1) is 30.0 Å². The van der Waals surface area contributed by atoms with E-state index in [4.69, 9.17) is 0 Å². The maximum absolute atomic E-state index is 14.9. The van der Waals surface area contributed by atoms with Crippen molar-refractivity contribution in [1.29, 1.82) is 0 Å². The summed E-state index contributed by atoms with van der Waals surface area (Å²) < 4.78 is 16.7. The third kappa shape index (κ3) is 4.36. The number of halogens is 1.